The lowest BCUT2D eigenvalue weighted by Gasteiger charge is -2.28. The van der Waals surface area contributed by atoms with Crippen molar-refractivity contribution in [2.75, 3.05) is 13.1 Å². The van der Waals surface area contributed by atoms with Crippen molar-refractivity contribution < 1.29 is 13.2 Å². The van der Waals surface area contributed by atoms with E-state index in [0.717, 1.165) is 79.9 Å². The Morgan fingerprint density at radius 3 is 2.75 bits per heavy atom. The molecule has 1 aromatic carbocycles. The summed E-state index contributed by atoms with van der Waals surface area (Å²) in [6.45, 7) is 3.05. The van der Waals surface area contributed by atoms with Crippen molar-refractivity contribution in [3.05, 3.63) is 77.1 Å². The Kier molecular flexibility index (Phi) is 5.55. The van der Waals surface area contributed by atoms with Crippen LogP contribution in [0.5, 0.6) is 0 Å². The van der Waals surface area contributed by atoms with E-state index in [-0.39, 0.29) is 0 Å². The van der Waals surface area contributed by atoms with Gasteiger partial charge < -0.3 is 4.57 Å². The number of hydrogen-bond donors (Lipinski definition) is 0. The Balaban J connectivity index is 1.32. The van der Waals surface area contributed by atoms with Crippen molar-refractivity contribution in [3.8, 4) is 5.69 Å². The Hall–Kier alpha value is -3.00. The molecule has 2 aliphatic rings. The second-order valence-corrected chi connectivity index (χ2v) is 8.33. The summed E-state index contributed by atoms with van der Waals surface area (Å²) in [5, 5.41) is 0. The number of alkyl halides is 3. The van der Waals surface area contributed by atoms with Gasteiger partial charge in [-0.15, -0.1) is 0 Å². The third-order valence-electron chi connectivity index (χ3n) is 6.07. The van der Waals surface area contributed by atoms with Gasteiger partial charge in [0, 0.05) is 61.9 Å². The molecule has 0 spiro atoms. The van der Waals surface area contributed by atoms with E-state index in [9.17, 15) is 13.2 Å². The van der Waals surface area contributed by atoms with Gasteiger partial charge in [-0.25, -0.2) is 9.97 Å². The minimum Gasteiger partial charge on any atom is -0.320 e. The van der Waals surface area contributed by atoms with Gasteiger partial charge in [0.2, 0.25) is 0 Å². The molecule has 0 N–H and O–H groups in total. The predicted octanol–water partition coefficient (Wildman–Crippen LogP) is 4.82. The van der Waals surface area contributed by atoms with Crippen molar-refractivity contribution >= 4 is 5.71 Å². The minimum atomic E-state index is -4.36. The van der Waals surface area contributed by atoms with Crippen LogP contribution < -0.4 is 0 Å². The normalized spacial score (nSPS) is 17.2. The maximum absolute atomic E-state index is 13.1. The van der Waals surface area contributed by atoms with Gasteiger partial charge in [0.1, 0.15) is 0 Å². The van der Waals surface area contributed by atoms with Crippen LogP contribution in [0.2, 0.25) is 0 Å². The molecule has 2 aromatic heterocycles. The fourth-order valence-electron chi connectivity index (χ4n) is 4.39. The van der Waals surface area contributed by atoms with Crippen molar-refractivity contribution in [1.82, 2.24) is 19.4 Å². The van der Waals surface area contributed by atoms with E-state index in [0.29, 0.717) is 12.2 Å². The summed E-state index contributed by atoms with van der Waals surface area (Å²) in [7, 11) is 0. The number of hydrogen-bond acceptors (Lipinski definition) is 4. The van der Waals surface area contributed by atoms with E-state index in [1.165, 1.54) is 12.1 Å². The molecule has 0 radical (unpaired) electrons. The van der Waals surface area contributed by atoms with E-state index in [4.69, 9.17) is 4.98 Å². The molecular formula is C24H24F3N5. The highest BCUT2D eigenvalue weighted by Gasteiger charge is 2.30. The van der Waals surface area contributed by atoms with Crippen LogP contribution in [0.15, 0.2) is 53.8 Å². The van der Waals surface area contributed by atoms with Crippen LogP contribution in [0, 0.1) is 0 Å². The van der Waals surface area contributed by atoms with Gasteiger partial charge in [-0.2, -0.15) is 13.2 Å². The molecule has 0 aliphatic carbocycles. The van der Waals surface area contributed by atoms with Gasteiger partial charge in [0.15, 0.2) is 5.82 Å². The van der Waals surface area contributed by atoms with Crippen LogP contribution in [0.1, 0.15) is 47.6 Å². The molecule has 0 saturated carbocycles. The van der Waals surface area contributed by atoms with Crippen LogP contribution >= 0.6 is 0 Å². The molecule has 0 bridgehead atoms. The number of fused-ring (bicyclic) bond motifs is 1. The van der Waals surface area contributed by atoms with E-state index < -0.39 is 11.7 Å². The molecule has 4 heterocycles. The van der Waals surface area contributed by atoms with Crippen molar-refractivity contribution in [3.63, 3.8) is 0 Å². The summed E-state index contributed by atoms with van der Waals surface area (Å²) in [6, 6.07) is 9.27. The molecule has 32 heavy (non-hydrogen) atoms. The van der Waals surface area contributed by atoms with Crippen LogP contribution in [-0.2, 0) is 25.7 Å². The first kappa shape index (κ1) is 20.9. The Morgan fingerprint density at radius 2 is 1.94 bits per heavy atom. The average Bonchev–Trinajstić information content (AvgIpc) is 3.27. The van der Waals surface area contributed by atoms with Crippen molar-refractivity contribution in [1.29, 1.82) is 0 Å². The van der Waals surface area contributed by atoms with Crippen LogP contribution in [-0.4, -0.2) is 38.2 Å². The maximum Gasteiger partial charge on any atom is 0.416 e. The summed E-state index contributed by atoms with van der Waals surface area (Å²) < 4.78 is 41.2. The number of halogens is 3. The summed E-state index contributed by atoms with van der Waals surface area (Å²) in [5.74, 6) is 0.760. The standard InChI is InChI=1S/C24H24F3N5/c25-24(26,27)18-5-3-6-19(13-18)32-11-4-7-20(32)16-31-12-9-21-17(15-31)14-29-23(30-21)22-8-1-2-10-28-22/h3-7,11,13-14H,1-2,8-10,12,15-16H2. The zero-order chi connectivity index (χ0) is 22.1. The van der Waals surface area contributed by atoms with Crippen LogP contribution in [0.4, 0.5) is 13.2 Å². The number of aromatic nitrogens is 3. The number of benzene rings is 1. The Labute approximate surface area is 184 Å². The van der Waals surface area contributed by atoms with E-state index >= 15 is 0 Å². The van der Waals surface area contributed by atoms with E-state index in [1.807, 2.05) is 29.1 Å². The fourth-order valence-corrected chi connectivity index (χ4v) is 4.39. The van der Waals surface area contributed by atoms with Crippen LogP contribution in [0.3, 0.4) is 0 Å². The molecule has 0 fully saturated rings. The highest BCUT2D eigenvalue weighted by Crippen LogP contribution is 2.31. The largest absolute Gasteiger partial charge is 0.416 e. The van der Waals surface area contributed by atoms with Gasteiger partial charge in [0.25, 0.3) is 0 Å². The average molecular weight is 439 g/mol. The first-order chi connectivity index (χ1) is 15.5. The predicted molar refractivity (Wildman–Crippen MR) is 116 cm³/mol. The second-order valence-electron chi connectivity index (χ2n) is 8.33. The van der Waals surface area contributed by atoms with E-state index in [1.54, 1.807) is 6.07 Å². The monoisotopic (exact) mass is 439 g/mol. The first-order valence-corrected chi connectivity index (χ1v) is 10.9. The van der Waals surface area contributed by atoms with Gasteiger partial charge in [-0.05, 0) is 49.6 Å². The summed E-state index contributed by atoms with van der Waals surface area (Å²) in [4.78, 5) is 16.2. The molecule has 0 amide bonds. The topological polar surface area (TPSA) is 46.3 Å². The summed E-state index contributed by atoms with van der Waals surface area (Å²) in [5.41, 5.74) is 4.01. The molecule has 8 heteroatoms. The lowest BCUT2D eigenvalue weighted by molar-refractivity contribution is -0.137. The lowest BCUT2D eigenvalue weighted by Crippen LogP contribution is -2.32. The van der Waals surface area contributed by atoms with Gasteiger partial charge in [-0.3, -0.25) is 9.89 Å². The molecular weight excluding hydrogens is 415 g/mol. The second kappa shape index (κ2) is 8.50. The van der Waals surface area contributed by atoms with Crippen molar-refractivity contribution in [2.45, 2.75) is 44.9 Å². The molecule has 5 rings (SSSR count). The third kappa shape index (κ3) is 4.32. The van der Waals surface area contributed by atoms with Gasteiger partial charge in [-0.1, -0.05) is 6.07 Å². The highest BCUT2D eigenvalue weighted by atomic mass is 19.4. The van der Waals surface area contributed by atoms with E-state index in [2.05, 4.69) is 14.9 Å². The minimum absolute atomic E-state index is 0.512. The fraction of sp³-hybridized carbons (Fsp3) is 0.375. The highest BCUT2D eigenvalue weighted by molar-refractivity contribution is 5.97. The molecule has 0 unspecified atom stereocenters. The molecule has 0 atom stereocenters. The number of rotatable bonds is 4. The molecule has 2 aliphatic heterocycles. The summed E-state index contributed by atoms with van der Waals surface area (Å²) in [6.07, 6.45) is 3.39. The smallest absolute Gasteiger partial charge is 0.320 e. The van der Waals surface area contributed by atoms with Gasteiger partial charge >= 0.3 is 6.18 Å². The molecule has 0 saturated heterocycles. The number of nitrogens with zero attached hydrogens (tertiary/aromatic N) is 5. The molecule has 166 valence electrons. The van der Waals surface area contributed by atoms with Crippen LogP contribution in [0.25, 0.3) is 5.69 Å². The Morgan fingerprint density at radius 1 is 1.03 bits per heavy atom. The van der Waals surface area contributed by atoms with Crippen molar-refractivity contribution in [2.24, 2.45) is 4.99 Å². The number of aliphatic imine (C=N–C) groups is 1. The zero-order valence-corrected chi connectivity index (χ0v) is 17.6. The summed E-state index contributed by atoms with van der Waals surface area (Å²) >= 11 is 0. The lowest BCUT2D eigenvalue weighted by atomic mass is 10.1. The first-order valence-electron chi connectivity index (χ1n) is 10.9. The maximum atomic E-state index is 13.1. The zero-order valence-electron chi connectivity index (χ0n) is 17.6. The molecule has 5 nitrogen and oxygen atoms in total. The SMILES string of the molecule is FC(F)(F)c1cccc(-n2cccc2CN2CCc3nc(C4=NCCCC4)ncc3C2)c1. The Bertz CT molecular complexity index is 1150. The van der Waals surface area contributed by atoms with Gasteiger partial charge in [0.05, 0.1) is 17.0 Å². The quantitative estimate of drug-likeness (QED) is 0.586. The molecule has 3 aromatic rings. The third-order valence-corrected chi connectivity index (χ3v) is 6.07.